The summed E-state index contributed by atoms with van der Waals surface area (Å²) >= 11 is 6.27. The number of imidazole rings is 1. The predicted octanol–water partition coefficient (Wildman–Crippen LogP) is 5.98. The summed E-state index contributed by atoms with van der Waals surface area (Å²) in [5, 5.41) is 4.25. The molecule has 1 aromatic heterocycles. The molecule has 3 nitrogen and oxygen atoms in total. The second-order valence-corrected chi connectivity index (χ2v) is 7.29. The van der Waals surface area contributed by atoms with Crippen LogP contribution in [0.1, 0.15) is 29.6 Å². The van der Waals surface area contributed by atoms with Crippen LogP contribution in [0.3, 0.4) is 0 Å². The van der Waals surface area contributed by atoms with Gasteiger partial charge in [0.05, 0.1) is 23.1 Å². The van der Waals surface area contributed by atoms with Gasteiger partial charge in [-0.1, -0.05) is 48.0 Å². The van der Waals surface area contributed by atoms with E-state index in [-0.39, 0.29) is 17.9 Å². The van der Waals surface area contributed by atoms with Crippen molar-refractivity contribution in [3.8, 4) is 0 Å². The van der Waals surface area contributed by atoms with Gasteiger partial charge >= 0.3 is 0 Å². The highest BCUT2D eigenvalue weighted by atomic mass is 35.5. The van der Waals surface area contributed by atoms with Gasteiger partial charge in [-0.15, -0.1) is 0 Å². The fourth-order valence-electron chi connectivity index (χ4n) is 3.92. The lowest BCUT2D eigenvalue weighted by atomic mass is 9.93. The maximum Gasteiger partial charge on any atom is 0.204 e. The molecule has 3 aromatic carbocycles. The van der Waals surface area contributed by atoms with Crippen molar-refractivity contribution in [2.24, 2.45) is 0 Å². The minimum Gasteiger partial charge on any atom is -0.349 e. The third-order valence-corrected chi connectivity index (χ3v) is 5.41. The van der Waals surface area contributed by atoms with Crippen molar-refractivity contribution in [1.82, 2.24) is 9.55 Å². The van der Waals surface area contributed by atoms with Crippen molar-refractivity contribution in [3.63, 3.8) is 0 Å². The van der Waals surface area contributed by atoms with Crippen molar-refractivity contribution in [2.45, 2.75) is 18.5 Å². The smallest absolute Gasteiger partial charge is 0.204 e. The molecule has 0 saturated heterocycles. The van der Waals surface area contributed by atoms with Crippen LogP contribution in [0.5, 0.6) is 0 Å². The molecule has 5 rings (SSSR count). The Kier molecular flexibility index (Phi) is 3.87. The molecule has 0 amide bonds. The van der Waals surface area contributed by atoms with E-state index in [2.05, 4.69) is 22.0 Å². The van der Waals surface area contributed by atoms with Gasteiger partial charge in [-0.2, -0.15) is 0 Å². The van der Waals surface area contributed by atoms with Crippen molar-refractivity contribution >= 4 is 28.6 Å². The Morgan fingerprint density at radius 1 is 0.963 bits per heavy atom. The molecule has 4 aromatic rings. The molecule has 27 heavy (non-hydrogen) atoms. The van der Waals surface area contributed by atoms with Crippen LogP contribution in [0.2, 0.25) is 5.02 Å². The van der Waals surface area contributed by atoms with Gasteiger partial charge in [0.1, 0.15) is 5.82 Å². The minimum absolute atomic E-state index is 0.0406. The summed E-state index contributed by atoms with van der Waals surface area (Å²) < 4.78 is 15.6. The topological polar surface area (TPSA) is 29.9 Å². The number of fused-ring (bicyclic) bond motifs is 3. The monoisotopic (exact) mass is 377 g/mol. The molecule has 0 spiro atoms. The lowest BCUT2D eigenvalue weighted by Gasteiger charge is -2.33. The Labute approximate surface area is 161 Å². The highest BCUT2D eigenvalue weighted by Gasteiger charge is 2.31. The highest BCUT2D eigenvalue weighted by molar-refractivity contribution is 6.30. The van der Waals surface area contributed by atoms with Crippen molar-refractivity contribution in [1.29, 1.82) is 0 Å². The summed E-state index contributed by atoms with van der Waals surface area (Å²) in [4.78, 5) is 4.79. The third-order valence-electron chi connectivity index (χ3n) is 5.18. The van der Waals surface area contributed by atoms with E-state index in [1.54, 1.807) is 0 Å². The molecule has 1 aliphatic rings. The van der Waals surface area contributed by atoms with E-state index in [9.17, 15) is 4.39 Å². The van der Waals surface area contributed by atoms with Crippen molar-refractivity contribution in [2.75, 3.05) is 5.32 Å². The number of nitrogens with one attached hydrogen (secondary N) is 1. The molecule has 0 saturated carbocycles. The van der Waals surface area contributed by atoms with Gasteiger partial charge in [-0.05, 0) is 53.9 Å². The zero-order chi connectivity index (χ0) is 18.4. The Morgan fingerprint density at radius 2 is 1.78 bits per heavy atom. The summed E-state index contributed by atoms with van der Waals surface area (Å²) in [5.41, 5.74) is 4.22. The number of nitrogens with zero attached hydrogens (tertiary/aromatic N) is 2. The van der Waals surface area contributed by atoms with Gasteiger partial charge in [-0.25, -0.2) is 9.37 Å². The second kappa shape index (κ2) is 6.39. The second-order valence-electron chi connectivity index (χ2n) is 6.85. The van der Waals surface area contributed by atoms with Crippen molar-refractivity contribution < 1.29 is 4.39 Å². The normalized spacial score (nSPS) is 18.9. The first-order valence-corrected chi connectivity index (χ1v) is 9.31. The molecule has 134 valence electrons. The summed E-state index contributed by atoms with van der Waals surface area (Å²) in [6, 6.07) is 22.9. The van der Waals surface area contributed by atoms with E-state index < -0.39 is 0 Å². The van der Waals surface area contributed by atoms with Gasteiger partial charge in [0.15, 0.2) is 0 Å². The van der Waals surface area contributed by atoms with E-state index in [1.807, 2.05) is 48.5 Å². The Bertz CT molecular complexity index is 1120. The van der Waals surface area contributed by atoms with E-state index in [0.29, 0.717) is 0 Å². The number of aromatic nitrogens is 2. The minimum atomic E-state index is -0.229. The first kappa shape index (κ1) is 16.3. The molecule has 1 aliphatic heterocycles. The van der Waals surface area contributed by atoms with E-state index >= 15 is 0 Å². The first-order valence-electron chi connectivity index (χ1n) is 8.93. The van der Waals surface area contributed by atoms with Gasteiger partial charge in [0.25, 0.3) is 0 Å². The number of para-hydroxylation sites is 2. The average Bonchev–Trinajstić information content (AvgIpc) is 3.06. The van der Waals surface area contributed by atoms with Crippen LogP contribution in [0.25, 0.3) is 11.0 Å². The molecule has 0 aliphatic carbocycles. The molecule has 0 fully saturated rings. The largest absolute Gasteiger partial charge is 0.349 e. The first-order chi connectivity index (χ1) is 13.2. The summed E-state index contributed by atoms with van der Waals surface area (Å²) in [5.74, 6) is 0.593. The van der Waals surface area contributed by atoms with Crippen LogP contribution in [0.15, 0.2) is 72.8 Å². The van der Waals surface area contributed by atoms with Crippen LogP contribution in [-0.4, -0.2) is 9.55 Å². The molecule has 5 heteroatoms. The van der Waals surface area contributed by atoms with E-state index in [4.69, 9.17) is 16.6 Å². The Morgan fingerprint density at radius 3 is 2.59 bits per heavy atom. The molecule has 2 atom stereocenters. The fraction of sp³-hybridized carbons (Fsp3) is 0.136. The van der Waals surface area contributed by atoms with Crippen molar-refractivity contribution in [3.05, 3.63) is 94.8 Å². The lowest BCUT2D eigenvalue weighted by Crippen LogP contribution is -2.27. The molecule has 0 radical (unpaired) electrons. The van der Waals surface area contributed by atoms with Crippen LogP contribution >= 0.6 is 11.6 Å². The van der Waals surface area contributed by atoms with Gasteiger partial charge < -0.3 is 9.88 Å². The molecule has 0 unspecified atom stereocenters. The number of hydrogen-bond donors (Lipinski definition) is 1. The standard InChI is InChI=1S/C22H17ClFN3/c23-16-5-3-4-15(12-16)21-13-19(14-8-10-17(24)11-9-14)26-22-25-18-6-1-2-7-20(18)27(21)22/h1-12,19,21H,13H2,(H,25,26)/t19-,21+/m1/s1. The average molecular weight is 378 g/mol. The van der Waals surface area contributed by atoms with Gasteiger partial charge in [0, 0.05) is 5.02 Å². The molecule has 1 N–H and O–H groups in total. The number of benzene rings is 3. The third kappa shape index (κ3) is 2.86. The summed E-state index contributed by atoms with van der Waals surface area (Å²) in [6.07, 6.45) is 0.819. The molecule has 0 bridgehead atoms. The zero-order valence-electron chi connectivity index (χ0n) is 14.4. The number of rotatable bonds is 2. The van der Waals surface area contributed by atoms with Gasteiger partial charge in [0.2, 0.25) is 5.95 Å². The van der Waals surface area contributed by atoms with Crippen LogP contribution in [0.4, 0.5) is 10.3 Å². The predicted molar refractivity (Wildman–Crippen MR) is 107 cm³/mol. The number of anilines is 1. The number of halogens is 2. The van der Waals surface area contributed by atoms with Crippen LogP contribution < -0.4 is 5.32 Å². The molecular weight excluding hydrogens is 361 g/mol. The summed E-state index contributed by atoms with van der Waals surface area (Å²) in [6.45, 7) is 0. The Hall–Kier alpha value is -2.85. The SMILES string of the molecule is Fc1ccc([C@H]2C[C@@H](c3cccc(Cl)c3)n3c(nc4ccccc43)N2)cc1. The summed E-state index contributed by atoms with van der Waals surface area (Å²) in [7, 11) is 0. The molecule has 2 heterocycles. The van der Waals surface area contributed by atoms with Crippen LogP contribution in [-0.2, 0) is 0 Å². The Balaban J connectivity index is 1.67. The fourth-order valence-corrected chi connectivity index (χ4v) is 4.12. The maximum absolute atomic E-state index is 13.4. The number of hydrogen-bond acceptors (Lipinski definition) is 2. The van der Waals surface area contributed by atoms with E-state index in [1.165, 1.54) is 12.1 Å². The quantitative estimate of drug-likeness (QED) is 0.466. The van der Waals surface area contributed by atoms with Crippen LogP contribution in [0, 0.1) is 5.82 Å². The van der Waals surface area contributed by atoms with Gasteiger partial charge in [-0.3, -0.25) is 0 Å². The van der Waals surface area contributed by atoms with E-state index in [0.717, 1.165) is 39.6 Å². The maximum atomic E-state index is 13.4. The highest BCUT2D eigenvalue weighted by Crippen LogP contribution is 2.41. The molecular formula is C22H17ClFN3. The lowest BCUT2D eigenvalue weighted by molar-refractivity contribution is 0.477. The zero-order valence-corrected chi connectivity index (χ0v) is 15.2.